The summed E-state index contributed by atoms with van der Waals surface area (Å²) in [5.74, 6) is 0. The lowest BCUT2D eigenvalue weighted by atomic mass is 10.6. The second-order valence-corrected chi connectivity index (χ2v) is 2.61. The van der Waals surface area contributed by atoms with Crippen LogP contribution < -0.4 is 10.9 Å². The summed E-state index contributed by atoms with van der Waals surface area (Å²) in [6.07, 6.45) is 0. The van der Waals surface area contributed by atoms with Gasteiger partial charge in [0, 0.05) is 0 Å². The van der Waals surface area contributed by atoms with Crippen molar-refractivity contribution in [3.8, 4) is 0 Å². The number of halogens is 2. The molecule has 9 heavy (non-hydrogen) atoms. The fourth-order valence-electron chi connectivity index (χ4n) is 0. The van der Waals surface area contributed by atoms with E-state index in [9.17, 15) is 0 Å². The third-order valence-electron chi connectivity index (χ3n) is 0.949. The van der Waals surface area contributed by atoms with Crippen LogP contribution in [0, 0.1) is 0 Å². The molecule has 0 aromatic carbocycles. The third-order valence-corrected chi connectivity index (χ3v) is 0.949. The first-order chi connectivity index (χ1) is 2.56. The van der Waals surface area contributed by atoms with Gasteiger partial charge in [-0.3, -0.25) is 4.70 Å². The molecule has 0 aliphatic rings. The third kappa shape index (κ3) is 33.6. The van der Waals surface area contributed by atoms with E-state index in [1.165, 1.54) is 6.54 Å². The van der Waals surface area contributed by atoms with Crippen LogP contribution >= 0.6 is 0 Å². The maximum absolute atomic E-state index is 2.18. The highest BCUT2D eigenvalue weighted by Crippen LogP contribution is 1.83. The van der Waals surface area contributed by atoms with E-state index in [1.807, 2.05) is 0 Å². The number of nitrogens with zero attached hydrogens (tertiary/aromatic N) is 1. The van der Waals surface area contributed by atoms with E-state index in [2.05, 4.69) is 28.1 Å². The van der Waals surface area contributed by atoms with Gasteiger partial charge >= 0.3 is 0 Å². The zero-order valence-corrected chi connectivity index (χ0v) is 6.65. The van der Waals surface area contributed by atoms with Gasteiger partial charge in [0.25, 0.3) is 0 Å². The molecule has 4 heteroatoms. The molecule has 0 aliphatic carbocycles. The minimum Gasteiger partial charge on any atom is -1.00 e. The van der Waals surface area contributed by atoms with Crippen molar-refractivity contribution in [1.29, 1.82) is 0 Å². The van der Waals surface area contributed by atoms with Crippen LogP contribution in [-0.4, -0.2) is 32.2 Å². The Morgan fingerprint density at radius 2 is 1.22 bits per heavy atom. The van der Waals surface area contributed by atoms with Crippen molar-refractivity contribution in [2.45, 2.75) is 6.92 Å². The van der Waals surface area contributed by atoms with Gasteiger partial charge in [-0.25, -0.2) is 0 Å². The molecule has 0 amide bonds. The second-order valence-electron chi connectivity index (χ2n) is 2.61. The van der Waals surface area contributed by atoms with Gasteiger partial charge in [-0.05, 0) is 6.92 Å². The minimum atomic E-state index is 0. The highest BCUT2D eigenvalue weighted by Gasteiger charge is 1.97. The Bertz CT molecular complexity index is 42.7. The molecule has 0 fully saturated rings. The van der Waals surface area contributed by atoms with E-state index in [1.54, 1.807) is 0 Å². The largest absolute Gasteiger partial charge is 1.00 e. The van der Waals surface area contributed by atoms with Crippen LogP contribution in [0.5, 0.6) is 0 Å². The van der Waals surface area contributed by atoms with Crippen molar-refractivity contribution in [3.05, 3.63) is 0 Å². The average molecular weight is 144 g/mol. The summed E-state index contributed by atoms with van der Waals surface area (Å²) < 4.78 is 1.07. The first kappa shape index (κ1) is 23.3. The van der Waals surface area contributed by atoms with Gasteiger partial charge in [-0.15, -0.1) is 0 Å². The monoisotopic (exact) mass is 144 g/mol. The average Bonchev–Trinajstić information content (AvgIpc) is 1.35. The van der Waals surface area contributed by atoms with Crippen molar-refractivity contribution in [2.24, 2.45) is 0 Å². The lowest BCUT2D eigenvalue weighted by Crippen LogP contribution is -3.00. The van der Waals surface area contributed by atoms with Gasteiger partial charge in [-0.1, -0.05) is 0 Å². The Morgan fingerprint density at radius 1 is 1.11 bits per heavy atom. The molecule has 0 radical (unpaired) electrons. The molecule has 0 aromatic rings. The molecular weight excluding hydrogens is 126 g/mol. The van der Waals surface area contributed by atoms with Crippen LogP contribution in [0.4, 0.5) is 4.70 Å². The predicted molar refractivity (Wildman–Crippen MR) is 36.1 cm³/mol. The maximum atomic E-state index is 2.18. The molecule has 0 heterocycles. The van der Waals surface area contributed by atoms with E-state index < -0.39 is 0 Å². The standard InChI is InChI=1S/C5H14N.2FH.H3N/c1-5-6(2,3)4;;;/h5H2,1-4H3;2*1H;1H3/q+1;;;/p-1. The van der Waals surface area contributed by atoms with Crippen LogP contribution in [0.2, 0.25) is 0 Å². The van der Waals surface area contributed by atoms with Crippen molar-refractivity contribution in [3.63, 3.8) is 0 Å². The first-order valence-corrected chi connectivity index (χ1v) is 2.36. The van der Waals surface area contributed by atoms with E-state index in [4.69, 9.17) is 0 Å². The molecule has 0 atom stereocenters. The summed E-state index contributed by atoms with van der Waals surface area (Å²) in [5, 5.41) is 0. The predicted octanol–water partition coefficient (Wildman–Crippen LogP) is -1.97. The van der Waals surface area contributed by atoms with Crippen LogP contribution in [0.25, 0.3) is 0 Å². The smallest absolute Gasteiger partial charge is 0.0751 e. The molecule has 0 rings (SSSR count). The van der Waals surface area contributed by atoms with Gasteiger partial charge in [0.2, 0.25) is 0 Å². The molecule has 0 unspecified atom stereocenters. The van der Waals surface area contributed by atoms with Crippen molar-refractivity contribution < 1.29 is 13.9 Å². The maximum Gasteiger partial charge on any atom is 0.0751 e. The van der Waals surface area contributed by atoms with Gasteiger partial charge < -0.3 is 15.3 Å². The lowest BCUT2D eigenvalue weighted by molar-refractivity contribution is -0.868. The molecule has 0 aromatic heterocycles. The normalized spacial score (nSPS) is 8.00. The number of quaternary nitrogens is 1. The van der Waals surface area contributed by atoms with Gasteiger partial charge in [-0.2, -0.15) is 0 Å². The molecular formula is C5H18F2N2. The summed E-state index contributed by atoms with van der Waals surface area (Å²) in [4.78, 5) is 0. The van der Waals surface area contributed by atoms with Gasteiger partial charge in [0.15, 0.2) is 0 Å². The number of hydrogen-bond acceptors (Lipinski definition) is 1. The lowest BCUT2D eigenvalue weighted by Gasteiger charge is -2.20. The van der Waals surface area contributed by atoms with Crippen LogP contribution in [0.15, 0.2) is 0 Å². The van der Waals surface area contributed by atoms with Crippen LogP contribution in [-0.2, 0) is 0 Å². The topological polar surface area (TPSA) is 35.0 Å². The van der Waals surface area contributed by atoms with E-state index in [0.29, 0.717) is 0 Å². The summed E-state index contributed by atoms with van der Waals surface area (Å²) in [6, 6.07) is 0. The van der Waals surface area contributed by atoms with E-state index >= 15 is 0 Å². The molecule has 0 spiro atoms. The Hall–Kier alpha value is -0.220. The number of rotatable bonds is 1. The highest BCUT2D eigenvalue weighted by atomic mass is 19.0. The molecule has 62 valence electrons. The highest BCUT2D eigenvalue weighted by molar-refractivity contribution is 4.06. The Morgan fingerprint density at radius 3 is 1.22 bits per heavy atom. The fourth-order valence-corrected chi connectivity index (χ4v) is 0. The zero-order valence-electron chi connectivity index (χ0n) is 6.65. The van der Waals surface area contributed by atoms with Crippen molar-refractivity contribution in [1.82, 2.24) is 6.15 Å². The fraction of sp³-hybridized carbons (Fsp3) is 1.00. The quantitative estimate of drug-likeness (QED) is 0.426. The molecule has 3 N–H and O–H groups in total. The molecule has 0 saturated carbocycles. The Balaban J connectivity index is -0.0000000417. The van der Waals surface area contributed by atoms with Crippen LogP contribution in [0.1, 0.15) is 6.92 Å². The zero-order chi connectivity index (χ0) is 5.21. The Labute approximate surface area is 55.8 Å². The van der Waals surface area contributed by atoms with Crippen LogP contribution in [0.3, 0.4) is 0 Å². The van der Waals surface area contributed by atoms with E-state index in [0.717, 1.165) is 4.48 Å². The second kappa shape index (κ2) is 7.78. The van der Waals surface area contributed by atoms with Crippen molar-refractivity contribution >= 4 is 0 Å². The molecule has 0 saturated heterocycles. The van der Waals surface area contributed by atoms with Crippen molar-refractivity contribution in [2.75, 3.05) is 27.7 Å². The summed E-state index contributed by atoms with van der Waals surface area (Å²) in [7, 11) is 6.54. The van der Waals surface area contributed by atoms with Gasteiger partial charge in [0.1, 0.15) is 0 Å². The summed E-state index contributed by atoms with van der Waals surface area (Å²) in [5.41, 5.74) is 0. The van der Waals surface area contributed by atoms with E-state index in [-0.39, 0.29) is 15.6 Å². The molecule has 2 nitrogen and oxygen atoms in total. The minimum absolute atomic E-state index is 0. The summed E-state index contributed by atoms with van der Waals surface area (Å²) in [6.45, 7) is 3.39. The Kier molecular flexibility index (Phi) is 20.1. The van der Waals surface area contributed by atoms with Gasteiger partial charge in [0.05, 0.1) is 27.7 Å². The summed E-state index contributed by atoms with van der Waals surface area (Å²) >= 11 is 0. The molecule has 0 aliphatic heterocycles. The first-order valence-electron chi connectivity index (χ1n) is 2.36. The number of hydrogen-bond donors (Lipinski definition) is 1. The SMILES string of the molecule is CC[N+](C)(C)C.F.N.[F-]. The molecule has 0 bridgehead atoms.